The molecule has 2 N–H and O–H groups in total. The molecule has 0 aromatic heterocycles. The Balaban J connectivity index is 2.10. The van der Waals surface area contributed by atoms with E-state index < -0.39 is 0 Å². The third kappa shape index (κ3) is 3.94. The average molecular weight is 200 g/mol. The molecule has 0 amide bonds. The van der Waals surface area contributed by atoms with Gasteiger partial charge in [-0.25, -0.2) is 0 Å². The standard InChI is InChI=1S/C10H20N2S/c1-4-5-8-6-9(8)12-10(13)11-7(2)3/h7-9H,4-6H2,1-3H3,(H2,11,12,13). The molecule has 1 aliphatic carbocycles. The van der Waals surface area contributed by atoms with Gasteiger partial charge in [0.15, 0.2) is 5.11 Å². The monoisotopic (exact) mass is 200 g/mol. The van der Waals surface area contributed by atoms with Gasteiger partial charge < -0.3 is 10.6 Å². The number of nitrogens with one attached hydrogen (secondary N) is 2. The molecular weight excluding hydrogens is 180 g/mol. The van der Waals surface area contributed by atoms with Crippen LogP contribution in [-0.2, 0) is 0 Å². The lowest BCUT2D eigenvalue weighted by atomic mass is 10.2. The van der Waals surface area contributed by atoms with E-state index >= 15 is 0 Å². The van der Waals surface area contributed by atoms with E-state index in [4.69, 9.17) is 12.2 Å². The van der Waals surface area contributed by atoms with Crippen molar-refractivity contribution in [1.29, 1.82) is 0 Å². The lowest BCUT2D eigenvalue weighted by Gasteiger charge is -2.12. The van der Waals surface area contributed by atoms with Crippen molar-refractivity contribution in [3.05, 3.63) is 0 Å². The Hall–Kier alpha value is -0.310. The van der Waals surface area contributed by atoms with Crippen LogP contribution in [0.15, 0.2) is 0 Å². The van der Waals surface area contributed by atoms with Crippen LogP contribution in [0.25, 0.3) is 0 Å². The second kappa shape index (κ2) is 4.80. The molecule has 0 saturated heterocycles. The molecular formula is C10H20N2S. The molecule has 0 aromatic carbocycles. The highest BCUT2D eigenvalue weighted by Gasteiger charge is 2.36. The van der Waals surface area contributed by atoms with Crippen molar-refractivity contribution in [3.63, 3.8) is 0 Å². The second-order valence-corrected chi connectivity index (χ2v) is 4.57. The van der Waals surface area contributed by atoms with Crippen LogP contribution < -0.4 is 10.6 Å². The Labute approximate surface area is 86.5 Å². The van der Waals surface area contributed by atoms with Crippen molar-refractivity contribution in [2.24, 2.45) is 5.92 Å². The summed E-state index contributed by atoms with van der Waals surface area (Å²) < 4.78 is 0. The fraction of sp³-hybridized carbons (Fsp3) is 0.900. The van der Waals surface area contributed by atoms with Crippen molar-refractivity contribution in [3.8, 4) is 0 Å². The van der Waals surface area contributed by atoms with Gasteiger partial charge in [0.1, 0.15) is 0 Å². The van der Waals surface area contributed by atoms with E-state index in [0.717, 1.165) is 11.0 Å². The largest absolute Gasteiger partial charge is 0.361 e. The zero-order valence-corrected chi connectivity index (χ0v) is 9.58. The Kier molecular flexibility index (Phi) is 3.97. The van der Waals surface area contributed by atoms with Crippen molar-refractivity contribution in [2.45, 2.75) is 52.1 Å². The predicted octanol–water partition coefficient (Wildman–Crippen LogP) is 2.05. The Bertz CT molecular complexity index is 180. The Morgan fingerprint density at radius 3 is 2.77 bits per heavy atom. The number of thiocarbonyl (C=S) groups is 1. The summed E-state index contributed by atoms with van der Waals surface area (Å²) in [7, 11) is 0. The third-order valence-electron chi connectivity index (χ3n) is 2.32. The van der Waals surface area contributed by atoms with E-state index in [1.54, 1.807) is 0 Å². The molecule has 0 bridgehead atoms. The van der Waals surface area contributed by atoms with Gasteiger partial charge in [-0.1, -0.05) is 13.3 Å². The summed E-state index contributed by atoms with van der Waals surface area (Å²) in [5.41, 5.74) is 0. The first-order valence-corrected chi connectivity index (χ1v) is 5.61. The lowest BCUT2D eigenvalue weighted by Crippen LogP contribution is -2.40. The van der Waals surface area contributed by atoms with E-state index in [9.17, 15) is 0 Å². The zero-order chi connectivity index (χ0) is 9.84. The van der Waals surface area contributed by atoms with Gasteiger partial charge in [0.05, 0.1) is 0 Å². The topological polar surface area (TPSA) is 24.1 Å². The number of hydrogen-bond acceptors (Lipinski definition) is 1. The molecule has 0 radical (unpaired) electrons. The van der Waals surface area contributed by atoms with Crippen LogP contribution in [0.5, 0.6) is 0 Å². The van der Waals surface area contributed by atoms with Gasteiger partial charge in [-0.05, 0) is 44.8 Å². The molecule has 0 aromatic rings. The van der Waals surface area contributed by atoms with Gasteiger partial charge in [0, 0.05) is 12.1 Å². The quantitative estimate of drug-likeness (QED) is 0.679. The minimum Gasteiger partial charge on any atom is -0.361 e. The molecule has 76 valence electrons. The smallest absolute Gasteiger partial charge is 0.166 e. The van der Waals surface area contributed by atoms with Crippen LogP contribution in [0.3, 0.4) is 0 Å². The number of rotatable bonds is 4. The van der Waals surface area contributed by atoms with Gasteiger partial charge in [-0.15, -0.1) is 0 Å². The van der Waals surface area contributed by atoms with Crippen LogP contribution in [0.1, 0.15) is 40.0 Å². The van der Waals surface area contributed by atoms with Crippen molar-refractivity contribution >= 4 is 17.3 Å². The molecule has 2 unspecified atom stereocenters. The average Bonchev–Trinajstić information content (AvgIpc) is 2.66. The summed E-state index contributed by atoms with van der Waals surface area (Å²) in [6.45, 7) is 6.44. The normalized spacial score (nSPS) is 25.8. The van der Waals surface area contributed by atoms with Crippen molar-refractivity contribution in [2.75, 3.05) is 0 Å². The summed E-state index contributed by atoms with van der Waals surface area (Å²) in [4.78, 5) is 0. The highest BCUT2D eigenvalue weighted by atomic mass is 32.1. The highest BCUT2D eigenvalue weighted by molar-refractivity contribution is 7.80. The third-order valence-corrected chi connectivity index (χ3v) is 2.55. The summed E-state index contributed by atoms with van der Waals surface area (Å²) in [5, 5.41) is 7.36. The molecule has 1 aliphatic rings. The second-order valence-electron chi connectivity index (χ2n) is 4.16. The molecule has 2 nitrogen and oxygen atoms in total. The Morgan fingerprint density at radius 1 is 1.54 bits per heavy atom. The van der Waals surface area contributed by atoms with Gasteiger partial charge >= 0.3 is 0 Å². The zero-order valence-electron chi connectivity index (χ0n) is 8.76. The van der Waals surface area contributed by atoms with Gasteiger partial charge in [-0.2, -0.15) is 0 Å². The summed E-state index contributed by atoms with van der Waals surface area (Å²) in [6.07, 6.45) is 3.92. The molecule has 3 heteroatoms. The van der Waals surface area contributed by atoms with Crippen molar-refractivity contribution < 1.29 is 0 Å². The maximum atomic E-state index is 5.16. The first-order chi connectivity index (χ1) is 6.13. The lowest BCUT2D eigenvalue weighted by molar-refractivity contribution is 0.649. The fourth-order valence-electron chi connectivity index (χ4n) is 1.59. The highest BCUT2D eigenvalue weighted by Crippen LogP contribution is 2.34. The first kappa shape index (κ1) is 10.8. The molecule has 0 heterocycles. The predicted molar refractivity (Wildman–Crippen MR) is 60.8 cm³/mol. The SMILES string of the molecule is CCCC1CC1NC(=S)NC(C)C. The molecule has 1 fully saturated rings. The first-order valence-electron chi connectivity index (χ1n) is 5.20. The minimum absolute atomic E-state index is 0.434. The summed E-state index contributed by atoms with van der Waals surface area (Å²) in [6, 6.07) is 1.09. The van der Waals surface area contributed by atoms with Crippen LogP contribution in [0.2, 0.25) is 0 Å². The van der Waals surface area contributed by atoms with Crippen LogP contribution in [-0.4, -0.2) is 17.2 Å². The van der Waals surface area contributed by atoms with Crippen molar-refractivity contribution in [1.82, 2.24) is 10.6 Å². The van der Waals surface area contributed by atoms with Crippen LogP contribution >= 0.6 is 12.2 Å². The van der Waals surface area contributed by atoms with Gasteiger partial charge in [0.2, 0.25) is 0 Å². The van der Waals surface area contributed by atoms with E-state index in [2.05, 4.69) is 31.4 Å². The van der Waals surface area contributed by atoms with Gasteiger partial charge in [-0.3, -0.25) is 0 Å². The van der Waals surface area contributed by atoms with Crippen LogP contribution in [0.4, 0.5) is 0 Å². The summed E-state index contributed by atoms with van der Waals surface area (Å²) in [5.74, 6) is 0.872. The number of hydrogen-bond donors (Lipinski definition) is 2. The molecule has 1 rings (SSSR count). The fourth-order valence-corrected chi connectivity index (χ4v) is 1.97. The van der Waals surface area contributed by atoms with Gasteiger partial charge in [0.25, 0.3) is 0 Å². The summed E-state index contributed by atoms with van der Waals surface area (Å²) >= 11 is 5.16. The van der Waals surface area contributed by atoms with E-state index in [1.165, 1.54) is 19.3 Å². The maximum Gasteiger partial charge on any atom is 0.166 e. The molecule has 1 saturated carbocycles. The molecule has 2 atom stereocenters. The molecule has 13 heavy (non-hydrogen) atoms. The van der Waals surface area contributed by atoms with E-state index in [0.29, 0.717) is 12.1 Å². The molecule has 0 aliphatic heterocycles. The van der Waals surface area contributed by atoms with Crippen LogP contribution in [0, 0.1) is 5.92 Å². The maximum absolute atomic E-state index is 5.16. The Morgan fingerprint density at radius 2 is 2.23 bits per heavy atom. The minimum atomic E-state index is 0.434. The van der Waals surface area contributed by atoms with E-state index in [1.807, 2.05) is 0 Å². The van der Waals surface area contributed by atoms with E-state index in [-0.39, 0.29) is 0 Å². The molecule has 0 spiro atoms.